The molecule has 0 bridgehead atoms. The number of hydrogen-bond acceptors (Lipinski definition) is 5. The molecule has 1 heterocycles. The molecule has 0 radical (unpaired) electrons. The van der Waals surface area contributed by atoms with E-state index < -0.39 is 6.10 Å². The lowest BCUT2D eigenvalue weighted by atomic mass is 10.2. The summed E-state index contributed by atoms with van der Waals surface area (Å²) in [5.74, 6) is 0.843. The summed E-state index contributed by atoms with van der Waals surface area (Å²) in [7, 11) is 0. The van der Waals surface area contributed by atoms with Crippen LogP contribution >= 0.6 is 11.6 Å². The number of hydrogen-bond donors (Lipinski definition) is 2. The molecule has 1 fully saturated rings. The SMILES string of the molecule is Oc1ccc(OCC(O)CN2CCN(c3ccc(Cl)cc3)CC2)cc1. The molecule has 0 saturated carbocycles. The molecule has 134 valence electrons. The molecule has 2 aromatic rings. The van der Waals surface area contributed by atoms with Gasteiger partial charge in [0.25, 0.3) is 0 Å². The Labute approximate surface area is 153 Å². The summed E-state index contributed by atoms with van der Waals surface area (Å²) in [6, 6.07) is 14.4. The molecule has 5 nitrogen and oxygen atoms in total. The van der Waals surface area contributed by atoms with E-state index in [0.29, 0.717) is 12.3 Å². The van der Waals surface area contributed by atoms with E-state index in [1.54, 1.807) is 24.3 Å². The average molecular weight is 363 g/mol. The zero-order valence-corrected chi connectivity index (χ0v) is 14.8. The molecule has 25 heavy (non-hydrogen) atoms. The number of nitrogens with zero attached hydrogens (tertiary/aromatic N) is 2. The summed E-state index contributed by atoms with van der Waals surface area (Å²) in [4.78, 5) is 4.57. The van der Waals surface area contributed by atoms with Crippen molar-refractivity contribution in [1.82, 2.24) is 4.90 Å². The minimum atomic E-state index is -0.545. The molecule has 2 aromatic carbocycles. The number of benzene rings is 2. The summed E-state index contributed by atoms with van der Waals surface area (Å²) in [5, 5.41) is 20.2. The quantitative estimate of drug-likeness (QED) is 0.827. The minimum absolute atomic E-state index is 0.200. The van der Waals surface area contributed by atoms with Crippen molar-refractivity contribution in [1.29, 1.82) is 0 Å². The number of anilines is 1. The van der Waals surface area contributed by atoms with Gasteiger partial charge in [-0.3, -0.25) is 4.90 Å². The van der Waals surface area contributed by atoms with Gasteiger partial charge in [-0.1, -0.05) is 11.6 Å². The molecule has 1 unspecified atom stereocenters. The van der Waals surface area contributed by atoms with Gasteiger partial charge in [0.15, 0.2) is 0 Å². The third kappa shape index (κ3) is 5.26. The lowest BCUT2D eigenvalue weighted by Gasteiger charge is -2.36. The van der Waals surface area contributed by atoms with Crippen LogP contribution in [0.1, 0.15) is 0 Å². The molecule has 0 spiro atoms. The molecule has 1 aliphatic rings. The van der Waals surface area contributed by atoms with Crippen LogP contribution in [0, 0.1) is 0 Å². The fourth-order valence-electron chi connectivity index (χ4n) is 2.93. The van der Waals surface area contributed by atoms with Crippen molar-refractivity contribution in [2.24, 2.45) is 0 Å². The summed E-state index contributed by atoms with van der Waals surface area (Å²) >= 11 is 5.93. The minimum Gasteiger partial charge on any atom is -0.508 e. The molecule has 2 N–H and O–H groups in total. The summed E-state index contributed by atoms with van der Waals surface area (Å²) in [6.45, 7) is 4.48. The smallest absolute Gasteiger partial charge is 0.119 e. The number of β-amino-alcohol motifs (C(OH)–C–C–N with tert-alkyl or cyclic N) is 1. The Morgan fingerprint density at radius 1 is 0.960 bits per heavy atom. The third-order valence-corrected chi connectivity index (χ3v) is 4.56. The fraction of sp³-hybridized carbons (Fsp3) is 0.368. The van der Waals surface area contributed by atoms with Gasteiger partial charge in [-0.2, -0.15) is 0 Å². The number of rotatable bonds is 6. The number of phenols is 1. The summed E-state index contributed by atoms with van der Waals surface area (Å²) < 4.78 is 5.56. The van der Waals surface area contributed by atoms with E-state index in [0.717, 1.165) is 31.2 Å². The van der Waals surface area contributed by atoms with Crippen LogP contribution in [-0.2, 0) is 0 Å². The second-order valence-electron chi connectivity index (χ2n) is 6.22. The van der Waals surface area contributed by atoms with Gasteiger partial charge in [0.05, 0.1) is 0 Å². The Morgan fingerprint density at radius 3 is 2.24 bits per heavy atom. The molecule has 3 rings (SSSR count). The highest BCUT2D eigenvalue weighted by Crippen LogP contribution is 2.20. The molecular formula is C19H23ClN2O3. The van der Waals surface area contributed by atoms with Gasteiger partial charge >= 0.3 is 0 Å². The maximum Gasteiger partial charge on any atom is 0.119 e. The van der Waals surface area contributed by atoms with E-state index in [1.165, 1.54) is 5.69 Å². The van der Waals surface area contributed by atoms with E-state index in [2.05, 4.69) is 9.80 Å². The van der Waals surface area contributed by atoms with E-state index in [-0.39, 0.29) is 12.4 Å². The normalized spacial score (nSPS) is 16.6. The number of aliphatic hydroxyl groups is 1. The lowest BCUT2D eigenvalue weighted by Crippen LogP contribution is -2.49. The van der Waals surface area contributed by atoms with Crippen LogP contribution in [0.25, 0.3) is 0 Å². The Morgan fingerprint density at radius 2 is 1.60 bits per heavy atom. The van der Waals surface area contributed by atoms with Gasteiger partial charge in [-0.15, -0.1) is 0 Å². The standard InChI is InChI=1S/C19H23ClN2O3/c20-15-1-3-16(4-2-15)22-11-9-21(10-12-22)13-18(24)14-25-19-7-5-17(23)6-8-19/h1-8,18,23-24H,9-14H2. The highest BCUT2D eigenvalue weighted by Gasteiger charge is 2.19. The van der Waals surface area contributed by atoms with Gasteiger partial charge in [-0.05, 0) is 48.5 Å². The van der Waals surface area contributed by atoms with Crippen molar-refractivity contribution >= 4 is 17.3 Å². The Kier molecular flexibility index (Phi) is 6.02. The monoisotopic (exact) mass is 362 g/mol. The number of ether oxygens (including phenoxy) is 1. The molecule has 0 amide bonds. The van der Waals surface area contributed by atoms with Gasteiger partial charge in [0.2, 0.25) is 0 Å². The number of phenolic OH excluding ortho intramolecular Hbond substituents is 1. The predicted molar refractivity (Wildman–Crippen MR) is 99.7 cm³/mol. The van der Waals surface area contributed by atoms with E-state index in [9.17, 15) is 10.2 Å². The first-order valence-corrected chi connectivity index (χ1v) is 8.81. The number of halogens is 1. The molecular weight excluding hydrogens is 340 g/mol. The Bertz CT molecular complexity index is 655. The molecule has 1 aliphatic heterocycles. The summed E-state index contributed by atoms with van der Waals surface area (Å²) in [5.41, 5.74) is 1.18. The largest absolute Gasteiger partial charge is 0.508 e. The first kappa shape index (κ1) is 17.9. The number of aliphatic hydroxyl groups excluding tert-OH is 1. The van der Waals surface area contributed by atoms with Gasteiger partial charge in [-0.25, -0.2) is 0 Å². The van der Waals surface area contributed by atoms with E-state index in [4.69, 9.17) is 16.3 Å². The maximum atomic E-state index is 10.2. The molecule has 0 aliphatic carbocycles. The second-order valence-corrected chi connectivity index (χ2v) is 6.66. The number of piperazine rings is 1. The van der Waals surface area contributed by atoms with Crippen molar-refractivity contribution in [2.75, 3.05) is 44.2 Å². The van der Waals surface area contributed by atoms with Gasteiger partial charge in [0, 0.05) is 43.4 Å². The van der Waals surface area contributed by atoms with Crippen LogP contribution in [0.15, 0.2) is 48.5 Å². The van der Waals surface area contributed by atoms with Crippen LogP contribution in [0.4, 0.5) is 5.69 Å². The van der Waals surface area contributed by atoms with Crippen LogP contribution in [-0.4, -0.2) is 60.5 Å². The first-order chi connectivity index (χ1) is 12.1. The van der Waals surface area contributed by atoms with Crippen molar-refractivity contribution in [3.63, 3.8) is 0 Å². The zero-order chi connectivity index (χ0) is 17.6. The first-order valence-electron chi connectivity index (χ1n) is 8.43. The van der Waals surface area contributed by atoms with Gasteiger partial charge in [0.1, 0.15) is 24.2 Å². The zero-order valence-electron chi connectivity index (χ0n) is 14.0. The van der Waals surface area contributed by atoms with E-state index >= 15 is 0 Å². The molecule has 6 heteroatoms. The van der Waals surface area contributed by atoms with Crippen LogP contribution < -0.4 is 9.64 Å². The van der Waals surface area contributed by atoms with Crippen molar-refractivity contribution in [3.05, 3.63) is 53.6 Å². The molecule has 0 aromatic heterocycles. The van der Waals surface area contributed by atoms with Crippen molar-refractivity contribution in [2.45, 2.75) is 6.10 Å². The second kappa shape index (κ2) is 8.43. The van der Waals surface area contributed by atoms with Crippen LogP contribution in [0.2, 0.25) is 5.02 Å². The lowest BCUT2D eigenvalue weighted by molar-refractivity contribution is 0.0663. The van der Waals surface area contributed by atoms with Gasteiger partial charge < -0.3 is 19.8 Å². The topological polar surface area (TPSA) is 56.2 Å². The molecule has 1 saturated heterocycles. The summed E-state index contributed by atoms with van der Waals surface area (Å²) in [6.07, 6.45) is -0.545. The highest BCUT2D eigenvalue weighted by atomic mass is 35.5. The van der Waals surface area contributed by atoms with Crippen molar-refractivity contribution in [3.8, 4) is 11.5 Å². The van der Waals surface area contributed by atoms with Crippen LogP contribution in [0.5, 0.6) is 11.5 Å². The fourth-order valence-corrected chi connectivity index (χ4v) is 3.05. The van der Waals surface area contributed by atoms with Crippen molar-refractivity contribution < 1.29 is 14.9 Å². The Hall–Kier alpha value is -1.95. The third-order valence-electron chi connectivity index (χ3n) is 4.31. The Balaban J connectivity index is 1.40. The van der Waals surface area contributed by atoms with E-state index in [1.807, 2.05) is 24.3 Å². The predicted octanol–water partition coefficient (Wildman–Crippen LogP) is 2.61. The number of aromatic hydroxyl groups is 1. The molecule has 1 atom stereocenters. The maximum absolute atomic E-state index is 10.2. The average Bonchev–Trinajstić information content (AvgIpc) is 2.63. The highest BCUT2D eigenvalue weighted by molar-refractivity contribution is 6.30. The van der Waals surface area contributed by atoms with Crippen LogP contribution in [0.3, 0.4) is 0 Å².